The van der Waals surface area contributed by atoms with Gasteiger partial charge in [-0.05, 0) is 110 Å². The van der Waals surface area contributed by atoms with Crippen molar-refractivity contribution < 1.29 is 62.3 Å². The molecule has 2 fully saturated rings. The van der Waals surface area contributed by atoms with E-state index in [4.69, 9.17) is 43.2 Å². The van der Waals surface area contributed by atoms with Crippen LogP contribution in [0.4, 0.5) is 14.9 Å². The van der Waals surface area contributed by atoms with Crippen molar-refractivity contribution in [3.05, 3.63) is 142 Å². The van der Waals surface area contributed by atoms with E-state index in [2.05, 4.69) is 12.7 Å². The number of carbonyl (C=O) groups excluding carboxylic acids is 1. The molecule has 16 nitrogen and oxygen atoms in total. The zero-order valence-corrected chi connectivity index (χ0v) is 39.5. The zero-order valence-electron chi connectivity index (χ0n) is 39.5. The number of amides is 1. The Morgan fingerprint density at radius 2 is 1.72 bits per heavy atom. The molecular formula is C54H60FN3O13. The largest absolute Gasteiger partial charge is 0.489 e. The molecule has 2 N–H and O–H groups in total. The van der Waals surface area contributed by atoms with Crippen molar-refractivity contribution in [3.63, 3.8) is 0 Å². The smallest absolute Gasteiger partial charge is 0.416 e. The molecule has 3 heterocycles. The first-order valence-corrected chi connectivity index (χ1v) is 24.5. The molecule has 376 valence electrons. The summed E-state index contributed by atoms with van der Waals surface area (Å²) in [7, 11) is 0. The van der Waals surface area contributed by atoms with Gasteiger partial charge in [-0.15, -0.1) is 6.58 Å². The molecule has 1 saturated heterocycles. The molecule has 2 aliphatic carbocycles. The Balaban J connectivity index is 1.23. The molecule has 1 saturated carbocycles. The summed E-state index contributed by atoms with van der Waals surface area (Å²) < 4.78 is 59.4. The molecular weight excluding hydrogens is 918 g/mol. The van der Waals surface area contributed by atoms with Gasteiger partial charge in [0, 0.05) is 61.8 Å². The highest BCUT2D eigenvalue weighted by Crippen LogP contribution is 2.62. The lowest BCUT2D eigenvalue weighted by molar-refractivity contribution is -0.384. The van der Waals surface area contributed by atoms with Crippen LogP contribution in [0.3, 0.4) is 0 Å². The number of aliphatic hydroxyl groups excluding tert-OH is 2. The van der Waals surface area contributed by atoms with Crippen molar-refractivity contribution in [3.8, 4) is 28.7 Å². The number of aliphatic hydroxyl groups is 2. The normalized spacial score (nSPS) is 24.4. The van der Waals surface area contributed by atoms with Crippen molar-refractivity contribution in [1.82, 2.24) is 4.90 Å². The molecule has 0 radical (unpaired) electrons. The second-order valence-corrected chi connectivity index (χ2v) is 18.5. The third-order valence-corrected chi connectivity index (χ3v) is 14.1. The van der Waals surface area contributed by atoms with Gasteiger partial charge in [-0.1, -0.05) is 54.4 Å². The highest BCUT2D eigenvalue weighted by Gasteiger charge is 2.66. The van der Waals surface area contributed by atoms with Crippen LogP contribution < -0.4 is 23.7 Å². The number of unbranched alkanes of at least 4 members (excludes halogenated alkanes) is 2. The number of benzene rings is 4. The quantitative estimate of drug-likeness (QED) is 0.0348. The van der Waals surface area contributed by atoms with E-state index >= 15 is 4.79 Å². The average Bonchev–Trinajstić information content (AvgIpc) is 3.86. The van der Waals surface area contributed by atoms with Gasteiger partial charge in [0.1, 0.15) is 35.7 Å². The van der Waals surface area contributed by atoms with Crippen LogP contribution in [0.25, 0.3) is 0 Å². The van der Waals surface area contributed by atoms with Crippen molar-refractivity contribution >= 4 is 17.5 Å². The molecule has 7 atom stereocenters. The number of hydrogen-bond donors (Lipinski definition) is 2. The maximum Gasteiger partial charge on any atom is 0.416 e. The second kappa shape index (κ2) is 22.7. The summed E-state index contributed by atoms with van der Waals surface area (Å²) in [6.07, 6.45) is 9.02. The van der Waals surface area contributed by atoms with E-state index in [-0.39, 0.29) is 75.3 Å². The van der Waals surface area contributed by atoms with E-state index in [0.29, 0.717) is 78.5 Å². The molecule has 9 rings (SSSR count). The number of ether oxygens (including phenoxy) is 7. The molecule has 0 bridgehead atoms. The molecule has 3 aliphatic heterocycles. The molecule has 4 aromatic rings. The number of halogens is 1. The number of hydrogen-bond acceptors (Lipinski definition) is 14. The first-order chi connectivity index (χ1) is 34.7. The van der Waals surface area contributed by atoms with E-state index < -0.39 is 41.0 Å². The standard InChI is InChI=1S/C54H60FN3O13/c1-2-26-68-54-49(57(32-35-16-22-47-48(28-35)67-34-66-47)53(61)69-39-19-17-38(18-20-39)58(62)63)31-45(56-71-50-15-7-10-27-64-50)42-29-36(11-5-8-24-59)41(13-6-9-25-60)51(52(42)54)43-30-40(21-23-46(43)70-54)65-33-37-12-3-4-14-44(37)55/h2-4,12,14,16-23,28-30,36,41,49-52,59-60H,1,5-11,13,15,24-27,31-34H2. The molecule has 7 unspecified atom stereocenters. The van der Waals surface area contributed by atoms with Crippen LogP contribution in [-0.4, -0.2) is 83.2 Å². The molecule has 4 aromatic carbocycles. The van der Waals surface area contributed by atoms with Gasteiger partial charge in [-0.2, -0.15) is 0 Å². The van der Waals surface area contributed by atoms with Gasteiger partial charge in [0.25, 0.3) is 5.69 Å². The van der Waals surface area contributed by atoms with Crippen LogP contribution in [0.15, 0.2) is 114 Å². The molecule has 71 heavy (non-hydrogen) atoms. The first-order valence-electron chi connectivity index (χ1n) is 24.5. The Kier molecular flexibility index (Phi) is 15.8. The highest BCUT2D eigenvalue weighted by atomic mass is 19.1. The van der Waals surface area contributed by atoms with Crippen molar-refractivity contribution in [2.24, 2.45) is 22.9 Å². The third kappa shape index (κ3) is 10.9. The van der Waals surface area contributed by atoms with Crippen LogP contribution in [0.1, 0.15) is 86.8 Å². The maximum absolute atomic E-state index is 15.2. The molecule has 5 aliphatic rings. The number of nitrogens with zero attached hydrogens (tertiary/aromatic N) is 3. The Labute approximate surface area is 411 Å². The van der Waals surface area contributed by atoms with E-state index in [9.17, 15) is 24.7 Å². The monoisotopic (exact) mass is 977 g/mol. The molecule has 1 amide bonds. The number of rotatable bonds is 21. The highest BCUT2D eigenvalue weighted by molar-refractivity contribution is 6.03. The van der Waals surface area contributed by atoms with Gasteiger partial charge in [-0.25, -0.2) is 9.18 Å². The summed E-state index contributed by atoms with van der Waals surface area (Å²) in [5, 5.41) is 36.6. The molecule has 0 aromatic heterocycles. The van der Waals surface area contributed by atoms with Crippen LogP contribution in [0.2, 0.25) is 0 Å². The predicted molar refractivity (Wildman–Crippen MR) is 258 cm³/mol. The Bertz CT molecular complexity index is 2590. The molecule has 17 heteroatoms. The second-order valence-electron chi connectivity index (χ2n) is 18.5. The topological polar surface area (TPSA) is 190 Å². The van der Waals surface area contributed by atoms with Gasteiger partial charge >= 0.3 is 6.09 Å². The number of non-ortho nitro benzene ring substituents is 1. The van der Waals surface area contributed by atoms with Gasteiger partial charge in [-0.3, -0.25) is 15.0 Å². The minimum absolute atomic E-state index is 0.00936. The summed E-state index contributed by atoms with van der Waals surface area (Å²) >= 11 is 0. The number of oxime groups is 1. The van der Waals surface area contributed by atoms with Crippen molar-refractivity contribution in [2.75, 3.05) is 33.2 Å². The van der Waals surface area contributed by atoms with Crippen LogP contribution in [0.5, 0.6) is 28.7 Å². The number of nitro benzene ring substituents is 1. The van der Waals surface area contributed by atoms with E-state index in [0.717, 1.165) is 36.8 Å². The third-order valence-electron chi connectivity index (χ3n) is 14.1. The first kappa shape index (κ1) is 49.5. The number of nitro groups is 1. The predicted octanol–water partition coefficient (Wildman–Crippen LogP) is 9.90. The molecule has 0 spiro atoms. The minimum atomic E-state index is -1.66. The lowest BCUT2D eigenvalue weighted by atomic mass is 9.55. The lowest BCUT2D eigenvalue weighted by Crippen LogP contribution is -2.70. The summed E-state index contributed by atoms with van der Waals surface area (Å²) in [5.74, 6) is -1.15. The van der Waals surface area contributed by atoms with E-state index in [1.54, 1.807) is 47.4 Å². The average molecular weight is 978 g/mol. The van der Waals surface area contributed by atoms with Crippen molar-refractivity contribution in [2.45, 2.75) is 101 Å². The van der Waals surface area contributed by atoms with Crippen LogP contribution in [-0.2, 0) is 27.5 Å². The van der Waals surface area contributed by atoms with E-state index in [1.807, 2.05) is 18.2 Å². The fourth-order valence-corrected chi connectivity index (χ4v) is 10.8. The summed E-state index contributed by atoms with van der Waals surface area (Å²) in [6.45, 7) is 4.60. The van der Waals surface area contributed by atoms with Crippen LogP contribution in [0, 0.1) is 33.7 Å². The fourth-order valence-electron chi connectivity index (χ4n) is 10.8. The number of carbonyl (C=O) groups is 1. The van der Waals surface area contributed by atoms with Crippen LogP contribution >= 0.6 is 0 Å². The Morgan fingerprint density at radius 1 is 0.944 bits per heavy atom. The minimum Gasteiger partial charge on any atom is -0.489 e. The lowest BCUT2D eigenvalue weighted by Gasteiger charge is -2.59. The van der Waals surface area contributed by atoms with Gasteiger partial charge in [0.05, 0.1) is 29.8 Å². The van der Waals surface area contributed by atoms with Crippen molar-refractivity contribution in [1.29, 1.82) is 0 Å². The van der Waals surface area contributed by atoms with Gasteiger partial charge < -0.3 is 48.2 Å². The van der Waals surface area contributed by atoms with E-state index in [1.165, 1.54) is 30.3 Å². The Morgan fingerprint density at radius 3 is 2.48 bits per heavy atom. The van der Waals surface area contributed by atoms with Gasteiger partial charge in [0.2, 0.25) is 18.9 Å². The summed E-state index contributed by atoms with van der Waals surface area (Å²) in [6, 6.07) is 21.7. The zero-order chi connectivity index (χ0) is 49.3. The fraction of sp³-hybridized carbons (Fsp3) is 0.444. The maximum atomic E-state index is 15.2. The number of fused-ring (bicyclic) bond motifs is 3. The SMILES string of the molecule is C=CCOC12Oc3ccc(OCc4ccccc4F)cc3C3C(CCCCO)C(CCCCO)C=C(C(=NOC4CCCCO4)CC1N(Cc1ccc4c(c1)OCO4)C(=O)Oc1ccc([N+](=O)[O-])cc1)C32. The Hall–Kier alpha value is -6.53. The van der Waals surface area contributed by atoms with Gasteiger partial charge in [0.15, 0.2) is 11.5 Å². The summed E-state index contributed by atoms with van der Waals surface area (Å²) in [5.41, 5.74) is 3.07. The summed E-state index contributed by atoms with van der Waals surface area (Å²) in [4.78, 5) is 34.2. The number of allylic oxidation sites excluding steroid dienone is 1.